The lowest BCUT2D eigenvalue weighted by Crippen LogP contribution is -1.98. The summed E-state index contributed by atoms with van der Waals surface area (Å²) in [6.07, 6.45) is 0. The van der Waals surface area contributed by atoms with Gasteiger partial charge in [-0.05, 0) is 29.8 Å². The fraction of sp³-hybridized carbons (Fsp3) is 0.133. The van der Waals surface area contributed by atoms with Crippen LogP contribution in [0.25, 0.3) is 0 Å². The minimum Gasteiger partial charge on any atom is -0.497 e. The summed E-state index contributed by atoms with van der Waals surface area (Å²) in [5.74, 6) is 1.17. The molecule has 0 fully saturated rings. The van der Waals surface area contributed by atoms with Gasteiger partial charge in [-0.2, -0.15) is 5.26 Å². The molecule has 0 aromatic heterocycles. The number of methoxy groups -OCH3 is 1. The molecule has 0 amide bonds. The molecule has 0 bridgehead atoms. The van der Waals surface area contributed by atoms with Gasteiger partial charge < -0.3 is 15.2 Å². The number of hydrogen-bond acceptors (Lipinski definition) is 4. The van der Waals surface area contributed by atoms with Crippen LogP contribution in [-0.4, -0.2) is 7.11 Å². The van der Waals surface area contributed by atoms with Crippen molar-refractivity contribution in [2.75, 3.05) is 12.8 Å². The van der Waals surface area contributed by atoms with Crippen LogP contribution in [0.1, 0.15) is 11.1 Å². The predicted molar refractivity (Wildman–Crippen MR) is 72.9 cm³/mol. The summed E-state index contributed by atoms with van der Waals surface area (Å²) in [6.45, 7) is 0.377. The first-order valence-electron chi connectivity index (χ1n) is 5.78. The zero-order valence-corrected chi connectivity index (χ0v) is 10.6. The maximum Gasteiger partial charge on any atom is 0.141 e. The molecule has 2 N–H and O–H groups in total. The van der Waals surface area contributed by atoms with Crippen LogP contribution < -0.4 is 15.2 Å². The first kappa shape index (κ1) is 12.8. The monoisotopic (exact) mass is 254 g/mol. The Morgan fingerprint density at radius 3 is 2.53 bits per heavy atom. The number of anilines is 1. The van der Waals surface area contributed by atoms with Crippen molar-refractivity contribution < 1.29 is 9.47 Å². The Morgan fingerprint density at radius 2 is 1.89 bits per heavy atom. The van der Waals surface area contributed by atoms with Gasteiger partial charge in [-0.25, -0.2) is 0 Å². The van der Waals surface area contributed by atoms with E-state index >= 15 is 0 Å². The second-order valence-electron chi connectivity index (χ2n) is 4.00. The van der Waals surface area contributed by atoms with E-state index in [4.69, 9.17) is 20.5 Å². The molecule has 0 radical (unpaired) electrons. The topological polar surface area (TPSA) is 68.3 Å². The van der Waals surface area contributed by atoms with Crippen LogP contribution in [0.3, 0.4) is 0 Å². The van der Waals surface area contributed by atoms with E-state index in [2.05, 4.69) is 6.07 Å². The van der Waals surface area contributed by atoms with Gasteiger partial charge >= 0.3 is 0 Å². The molecule has 0 saturated carbocycles. The van der Waals surface area contributed by atoms with Crippen molar-refractivity contribution in [2.45, 2.75) is 6.61 Å². The van der Waals surface area contributed by atoms with Crippen molar-refractivity contribution in [1.29, 1.82) is 5.26 Å². The lowest BCUT2D eigenvalue weighted by Gasteiger charge is -2.09. The van der Waals surface area contributed by atoms with Gasteiger partial charge in [-0.1, -0.05) is 12.1 Å². The maximum atomic E-state index is 9.03. The number of benzene rings is 2. The predicted octanol–water partition coefficient (Wildman–Crippen LogP) is 2.73. The number of ether oxygens (including phenoxy) is 2. The molecule has 0 saturated heterocycles. The highest BCUT2D eigenvalue weighted by Crippen LogP contribution is 2.25. The number of rotatable bonds is 4. The summed E-state index contributed by atoms with van der Waals surface area (Å²) >= 11 is 0. The number of nitrogen functional groups attached to an aromatic ring is 1. The van der Waals surface area contributed by atoms with Crippen molar-refractivity contribution in [2.24, 2.45) is 0 Å². The quantitative estimate of drug-likeness (QED) is 0.852. The third-order valence-corrected chi connectivity index (χ3v) is 2.68. The van der Waals surface area contributed by atoms with Crippen molar-refractivity contribution in [3.8, 4) is 17.6 Å². The fourth-order valence-corrected chi connectivity index (χ4v) is 1.62. The minimum atomic E-state index is 0.377. The van der Waals surface area contributed by atoms with Crippen LogP contribution in [-0.2, 0) is 6.61 Å². The molecule has 0 aliphatic rings. The van der Waals surface area contributed by atoms with E-state index in [1.54, 1.807) is 25.3 Å². The standard InChI is InChI=1S/C15H14N2O2/c1-18-14-7-4-12(9-16)15(8-14)19-10-11-2-5-13(17)6-3-11/h2-8H,10,17H2,1H3. The van der Waals surface area contributed by atoms with Crippen molar-refractivity contribution in [3.05, 3.63) is 53.6 Å². The van der Waals surface area contributed by atoms with Gasteiger partial charge in [0.15, 0.2) is 0 Å². The van der Waals surface area contributed by atoms with E-state index in [0.29, 0.717) is 29.4 Å². The zero-order valence-electron chi connectivity index (χ0n) is 10.6. The molecule has 0 aliphatic heterocycles. The molecule has 19 heavy (non-hydrogen) atoms. The second-order valence-corrected chi connectivity index (χ2v) is 4.00. The molecule has 4 heteroatoms. The van der Waals surface area contributed by atoms with Gasteiger partial charge in [0, 0.05) is 11.8 Å². The zero-order chi connectivity index (χ0) is 13.7. The molecule has 0 heterocycles. The summed E-state index contributed by atoms with van der Waals surface area (Å²) in [4.78, 5) is 0. The van der Waals surface area contributed by atoms with Gasteiger partial charge in [-0.15, -0.1) is 0 Å². The molecular formula is C15H14N2O2. The minimum absolute atomic E-state index is 0.377. The van der Waals surface area contributed by atoms with Crippen molar-refractivity contribution in [3.63, 3.8) is 0 Å². The number of nitrogens with zero attached hydrogens (tertiary/aromatic N) is 1. The van der Waals surface area contributed by atoms with E-state index in [1.165, 1.54) is 0 Å². The van der Waals surface area contributed by atoms with E-state index in [0.717, 1.165) is 5.56 Å². The smallest absolute Gasteiger partial charge is 0.141 e. The fourth-order valence-electron chi connectivity index (χ4n) is 1.62. The number of hydrogen-bond donors (Lipinski definition) is 1. The SMILES string of the molecule is COc1ccc(C#N)c(OCc2ccc(N)cc2)c1. The lowest BCUT2D eigenvalue weighted by atomic mass is 10.2. The summed E-state index contributed by atoms with van der Waals surface area (Å²) in [7, 11) is 1.57. The lowest BCUT2D eigenvalue weighted by molar-refractivity contribution is 0.303. The Balaban J connectivity index is 2.14. The van der Waals surface area contributed by atoms with E-state index in [1.807, 2.05) is 24.3 Å². The number of nitriles is 1. The molecule has 0 unspecified atom stereocenters. The highest BCUT2D eigenvalue weighted by Gasteiger charge is 2.05. The third-order valence-electron chi connectivity index (χ3n) is 2.68. The first-order chi connectivity index (χ1) is 9.22. The van der Waals surface area contributed by atoms with Gasteiger partial charge in [-0.3, -0.25) is 0 Å². The highest BCUT2D eigenvalue weighted by molar-refractivity contribution is 5.47. The molecule has 0 spiro atoms. The summed E-state index contributed by atoms with van der Waals surface area (Å²) in [5, 5.41) is 9.03. The van der Waals surface area contributed by atoms with Crippen LogP contribution in [0.15, 0.2) is 42.5 Å². The first-order valence-corrected chi connectivity index (χ1v) is 5.78. The Labute approximate surface area is 112 Å². The third kappa shape index (κ3) is 3.17. The van der Waals surface area contributed by atoms with Crippen LogP contribution >= 0.6 is 0 Å². The average molecular weight is 254 g/mol. The highest BCUT2D eigenvalue weighted by atomic mass is 16.5. The van der Waals surface area contributed by atoms with Crippen LogP contribution in [0.2, 0.25) is 0 Å². The van der Waals surface area contributed by atoms with E-state index in [-0.39, 0.29) is 0 Å². The average Bonchev–Trinajstić information content (AvgIpc) is 2.46. The van der Waals surface area contributed by atoms with Gasteiger partial charge in [0.1, 0.15) is 24.2 Å². The molecule has 0 aliphatic carbocycles. The Bertz CT molecular complexity index is 601. The van der Waals surface area contributed by atoms with Crippen LogP contribution in [0, 0.1) is 11.3 Å². The van der Waals surface area contributed by atoms with Crippen molar-refractivity contribution >= 4 is 5.69 Å². The maximum absolute atomic E-state index is 9.03. The Hall–Kier alpha value is -2.67. The largest absolute Gasteiger partial charge is 0.497 e. The van der Waals surface area contributed by atoms with Crippen LogP contribution in [0.5, 0.6) is 11.5 Å². The Kier molecular flexibility index (Phi) is 3.89. The van der Waals surface area contributed by atoms with Crippen molar-refractivity contribution in [1.82, 2.24) is 0 Å². The van der Waals surface area contributed by atoms with Crippen LogP contribution in [0.4, 0.5) is 5.69 Å². The van der Waals surface area contributed by atoms with Gasteiger partial charge in [0.25, 0.3) is 0 Å². The molecule has 4 nitrogen and oxygen atoms in total. The molecule has 96 valence electrons. The summed E-state index contributed by atoms with van der Waals surface area (Å²) in [5.41, 5.74) is 7.80. The number of nitrogens with two attached hydrogens (primary N) is 1. The van der Waals surface area contributed by atoms with Gasteiger partial charge in [0.2, 0.25) is 0 Å². The molecule has 2 aromatic carbocycles. The van der Waals surface area contributed by atoms with E-state index in [9.17, 15) is 0 Å². The van der Waals surface area contributed by atoms with E-state index < -0.39 is 0 Å². The van der Waals surface area contributed by atoms with Gasteiger partial charge in [0.05, 0.1) is 12.7 Å². The molecule has 2 rings (SSSR count). The summed E-state index contributed by atoms with van der Waals surface area (Å²) < 4.78 is 10.8. The molecule has 0 atom stereocenters. The second kappa shape index (κ2) is 5.78. The summed E-state index contributed by atoms with van der Waals surface area (Å²) in [6, 6.07) is 14.6. The molecule has 2 aromatic rings. The molecular weight excluding hydrogens is 240 g/mol. The normalized spacial score (nSPS) is 9.68. The Morgan fingerprint density at radius 1 is 1.16 bits per heavy atom.